The summed E-state index contributed by atoms with van der Waals surface area (Å²) in [6.07, 6.45) is 8.11. The second-order valence-electron chi connectivity index (χ2n) is 3.22. The van der Waals surface area contributed by atoms with Crippen LogP contribution in [-0.2, 0) is 0 Å². The Balaban J connectivity index is 2.24. The van der Waals surface area contributed by atoms with E-state index in [0.717, 1.165) is 0 Å². The Hall–Kier alpha value is -0.340. The Kier molecular flexibility index (Phi) is 3.60. The van der Waals surface area contributed by atoms with Gasteiger partial charge in [-0.05, 0) is 26.2 Å². The predicted octanol–water partition coefficient (Wildman–Crippen LogP) is 1.07. The number of allylic oxidation sites excluding steroid dienone is 1. The number of hydrogen-bond donors (Lipinski definition) is 2. The molecule has 0 aromatic rings. The minimum Gasteiger partial charge on any atom is -0.395 e. The third-order valence-electron chi connectivity index (χ3n) is 2.03. The molecule has 2 unspecified atom stereocenters. The molecule has 0 aromatic carbocycles. The van der Waals surface area contributed by atoms with E-state index in [1.54, 1.807) is 0 Å². The van der Waals surface area contributed by atoms with Crippen LogP contribution in [0, 0.1) is 0 Å². The molecule has 0 amide bonds. The second kappa shape index (κ2) is 4.52. The first-order valence-corrected chi connectivity index (χ1v) is 4.36. The summed E-state index contributed by atoms with van der Waals surface area (Å²) in [5.41, 5.74) is 0. The quantitative estimate of drug-likeness (QED) is 0.597. The zero-order chi connectivity index (χ0) is 8.10. The molecule has 0 aliphatic heterocycles. The molecule has 0 fully saturated rings. The zero-order valence-electron chi connectivity index (χ0n) is 7.09. The minimum absolute atomic E-state index is 0.225. The first kappa shape index (κ1) is 8.75. The third-order valence-corrected chi connectivity index (χ3v) is 2.03. The Morgan fingerprint density at radius 2 is 2.55 bits per heavy atom. The fraction of sp³-hybridized carbons (Fsp3) is 0.778. The maximum absolute atomic E-state index is 8.78. The number of aliphatic hydroxyl groups excluding tert-OH is 1. The van der Waals surface area contributed by atoms with E-state index in [1.807, 2.05) is 6.92 Å². The van der Waals surface area contributed by atoms with Crippen LogP contribution in [0.2, 0.25) is 0 Å². The van der Waals surface area contributed by atoms with E-state index in [4.69, 9.17) is 5.11 Å². The van der Waals surface area contributed by atoms with Crippen molar-refractivity contribution in [1.82, 2.24) is 5.32 Å². The average Bonchev–Trinajstić information content (AvgIpc) is 2.06. The van der Waals surface area contributed by atoms with Crippen LogP contribution in [0.4, 0.5) is 0 Å². The minimum atomic E-state index is 0.225. The summed E-state index contributed by atoms with van der Waals surface area (Å²) >= 11 is 0. The molecule has 1 aliphatic carbocycles. The Bertz CT molecular complexity index is 134. The van der Waals surface area contributed by atoms with Gasteiger partial charge in [0.2, 0.25) is 0 Å². The van der Waals surface area contributed by atoms with Crippen molar-refractivity contribution in [3.63, 3.8) is 0 Å². The smallest absolute Gasteiger partial charge is 0.0582 e. The van der Waals surface area contributed by atoms with Crippen LogP contribution in [0.25, 0.3) is 0 Å². The summed E-state index contributed by atoms with van der Waals surface area (Å²) in [6, 6.07) is 0.716. The molecule has 2 nitrogen and oxygen atoms in total. The summed E-state index contributed by atoms with van der Waals surface area (Å²) in [4.78, 5) is 0. The maximum atomic E-state index is 8.78. The van der Waals surface area contributed by atoms with Gasteiger partial charge < -0.3 is 10.4 Å². The van der Waals surface area contributed by atoms with Crippen LogP contribution in [0.15, 0.2) is 12.2 Å². The van der Waals surface area contributed by atoms with Gasteiger partial charge in [0.25, 0.3) is 0 Å². The fourth-order valence-corrected chi connectivity index (χ4v) is 1.37. The standard InChI is InChI=1S/C9H17NO/c1-8(7-11)10-9-5-3-2-4-6-9/h3,5,8-11H,2,4,6-7H2,1H3. The van der Waals surface area contributed by atoms with Gasteiger partial charge >= 0.3 is 0 Å². The van der Waals surface area contributed by atoms with Gasteiger partial charge in [-0.3, -0.25) is 0 Å². The van der Waals surface area contributed by atoms with E-state index in [9.17, 15) is 0 Å². The molecule has 2 heteroatoms. The van der Waals surface area contributed by atoms with Gasteiger partial charge in [0, 0.05) is 12.1 Å². The van der Waals surface area contributed by atoms with E-state index in [1.165, 1.54) is 19.3 Å². The highest BCUT2D eigenvalue weighted by atomic mass is 16.3. The van der Waals surface area contributed by atoms with Crippen molar-refractivity contribution in [3.8, 4) is 0 Å². The molecule has 0 saturated heterocycles. The molecule has 2 N–H and O–H groups in total. The molecule has 11 heavy (non-hydrogen) atoms. The van der Waals surface area contributed by atoms with Crippen molar-refractivity contribution in [2.45, 2.75) is 38.3 Å². The van der Waals surface area contributed by atoms with Crippen LogP contribution in [0.1, 0.15) is 26.2 Å². The van der Waals surface area contributed by atoms with Crippen molar-refractivity contribution in [2.24, 2.45) is 0 Å². The van der Waals surface area contributed by atoms with E-state index in [-0.39, 0.29) is 12.6 Å². The van der Waals surface area contributed by atoms with Crippen molar-refractivity contribution < 1.29 is 5.11 Å². The topological polar surface area (TPSA) is 32.3 Å². The molecule has 2 atom stereocenters. The van der Waals surface area contributed by atoms with Crippen LogP contribution in [0.3, 0.4) is 0 Å². The van der Waals surface area contributed by atoms with Crippen molar-refractivity contribution in [1.29, 1.82) is 0 Å². The van der Waals surface area contributed by atoms with E-state index in [2.05, 4.69) is 17.5 Å². The summed E-state index contributed by atoms with van der Waals surface area (Å²) in [6.45, 7) is 2.23. The Morgan fingerprint density at radius 3 is 3.09 bits per heavy atom. The summed E-state index contributed by atoms with van der Waals surface area (Å²) in [5.74, 6) is 0. The highest BCUT2D eigenvalue weighted by Crippen LogP contribution is 2.10. The largest absolute Gasteiger partial charge is 0.395 e. The molecule has 0 heterocycles. The van der Waals surface area contributed by atoms with Gasteiger partial charge in [-0.15, -0.1) is 0 Å². The van der Waals surface area contributed by atoms with Gasteiger partial charge in [0.15, 0.2) is 0 Å². The lowest BCUT2D eigenvalue weighted by atomic mass is 10.0. The monoisotopic (exact) mass is 155 g/mol. The van der Waals surface area contributed by atoms with Crippen LogP contribution in [-0.4, -0.2) is 23.8 Å². The molecule has 0 radical (unpaired) electrons. The maximum Gasteiger partial charge on any atom is 0.0582 e. The number of hydrogen-bond acceptors (Lipinski definition) is 2. The highest BCUT2D eigenvalue weighted by Gasteiger charge is 2.09. The molecule has 0 aromatic heterocycles. The normalized spacial score (nSPS) is 26.9. The molecule has 0 saturated carbocycles. The Labute approximate surface area is 68.3 Å². The summed E-state index contributed by atoms with van der Waals surface area (Å²) in [5, 5.41) is 12.1. The van der Waals surface area contributed by atoms with Crippen LogP contribution >= 0.6 is 0 Å². The first-order valence-electron chi connectivity index (χ1n) is 4.36. The lowest BCUT2D eigenvalue weighted by Gasteiger charge is -2.21. The van der Waals surface area contributed by atoms with E-state index >= 15 is 0 Å². The first-order chi connectivity index (χ1) is 5.33. The molecular formula is C9H17NO. The Morgan fingerprint density at radius 1 is 1.73 bits per heavy atom. The van der Waals surface area contributed by atoms with Gasteiger partial charge in [0.1, 0.15) is 0 Å². The predicted molar refractivity (Wildman–Crippen MR) is 46.5 cm³/mol. The molecular weight excluding hydrogens is 138 g/mol. The molecule has 64 valence electrons. The summed E-state index contributed by atoms with van der Waals surface area (Å²) in [7, 11) is 0. The lowest BCUT2D eigenvalue weighted by molar-refractivity contribution is 0.243. The summed E-state index contributed by atoms with van der Waals surface area (Å²) < 4.78 is 0. The zero-order valence-corrected chi connectivity index (χ0v) is 7.09. The SMILES string of the molecule is CC(CO)NC1C=CCCC1. The van der Waals surface area contributed by atoms with Gasteiger partial charge in [-0.2, -0.15) is 0 Å². The average molecular weight is 155 g/mol. The number of nitrogens with one attached hydrogen (secondary N) is 1. The van der Waals surface area contributed by atoms with Crippen molar-refractivity contribution in [2.75, 3.05) is 6.61 Å². The fourth-order valence-electron chi connectivity index (χ4n) is 1.37. The van der Waals surface area contributed by atoms with Gasteiger partial charge in [-0.1, -0.05) is 12.2 Å². The molecule has 1 rings (SSSR count). The second-order valence-corrected chi connectivity index (χ2v) is 3.22. The number of aliphatic hydroxyl groups is 1. The lowest BCUT2D eigenvalue weighted by Crippen LogP contribution is -2.38. The van der Waals surface area contributed by atoms with Gasteiger partial charge in [0.05, 0.1) is 6.61 Å². The third kappa shape index (κ3) is 3.04. The number of rotatable bonds is 3. The van der Waals surface area contributed by atoms with E-state index in [0.29, 0.717) is 6.04 Å². The van der Waals surface area contributed by atoms with E-state index < -0.39 is 0 Å². The molecule has 0 bridgehead atoms. The van der Waals surface area contributed by atoms with Crippen LogP contribution in [0.5, 0.6) is 0 Å². The molecule has 0 spiro atoms. The van der Waals surface area contributed by atoms with Crippen molar-refractivity contribution in [3.05, 3.63) is 12.2 Å². The van der Waals surface area contributed by atoms with Crippen molar-refractivity contribution >= 4 is 0 Å². The van der Waals surface area contributed by atoms with Crippen LogP contribution < -0.4 is 5.32 Å². The highest BCUT2D eigenvalue weighted by molar-refractivity contribution is 4.98. The van der Waals surface area contributed by atoms with Gasteiger partial charge in [-0.25, -0.2) is 0 Å². The molecule has 1 aliphatic rings.